The van der Waals surface area contributed by atoms with Crippen molar-refractivity contribution >= 4 is 5.97 Å². The predicted molar refractivity (Wildman–Crippen MR) is 49.5 cm³/mol. The Hall–Kier alpha value is -0.570. The first-order valence-electron chi connectivity index (χ1n) is 5.10. The van der Waals surface area contributed by atoms with Crippen LogP contribution in [0.5, 0.6) is 0 Å². The van der Waals surface area contributed by atoms with Crippen LogP contribution in [0.2, 0.25) is 0 Å². The minimum atomic E-state index is -0.152. The van der Waals surface area contributed by atoms with Crippen molar-refractivity contribution in [2.45, 2.75) is 45.1 Å². The van der Waals surface area contributed by atoms with Crippen LogP contribution >= 0.6 is 0 Å². The van der Waals surface area contributed by atoms with E-state index in [1.807, 2.05) is 6.92 Å². The standard InChI is InChI=1S/C10H18O3/c1-2-12-10(11)7-8-13-9-5-3-4-6-9/h9H,2-8H2,1H3. The summed E-state index contributed by atoms with van der Waals surface area (Å²) in [6, 6.07) is 0. The molecule has 0 aromatic rings. The first-order chi connectivity index (χ1) is 6.33. The fraction of sp³-hybridized carbons (Fsp3) is 0.900. The van der Waals surface area contributed by atoms with Gasteiger partial charge in [0.05, 0.1) is 25.7 Å². The second kappa shape index (κ2) is 5.97. The van der Waals surface area contributed by atoms with Crippen LogP contribution in [-0.4, -0.2) is 25.3 Å². The van der Waals surface area contributed by atoms with Gasteiger partial charge in [-0.2, -0.15) is 0 Å². The van der Waals surface area contributed by atoms with Crippen LogP contribution < -0.4 is 0 Å². The van der Waals surface area contributed by atoms with Crippen molar-refractivity contribution in [2.75, 3.05) is 13.2 Å². The van der Waals surface area contributed by atoms with Gasteiger partial charge < -0.3 is 9.47 Å². The van der Waals surface area contributed by atoms with Crippen molar-refractivity contribution < 1.29 is 14.3 Å². The lowest BCUT2D eigenvalue weighted by Crippen LogP contribution is -2.13. The Labute approximate surface area is 79.4 Å². The maximum Gasteiger partial charge on any atom is 0.308 e. The van der Waals surface area contributed by atoms with Gasteiger partial charge in [0, 0.05) is 0 Å². The summed E-state index contributed by atoms with van der Waals surface area (Å²) in [5.74, 6) is -0.152. The van der Waals surface area contributed by atoms with Crippen LogP contribution in [0.3, 0.4) is 0 Å². The Bertz CT molecular complexity index is 150. The molecule has 1 rings (SSSR count). The highest BCUT2D eigenvalue weighted by atomic mass is 16.5. The highest BCUT2D eigenvalue weighted by molar-refractivity contribution is 5.69. The van der Waals surface area contributed by atoms with Gasteiger partial charge >= 0.3 is 5.97 Å². The molecule has 1 saturated carbocycles. The van der Waals surface area contributed by atoms with E-state index in [1.54, 1.807) is 0 Å². The van der Waals surface area contributed by atoms with Crippen LogP contribution in [0.4, 0.5) is 0 Å². The number of rotatable bonds is 5. The molecule has 0 aromatic heterocycles. The molecule has 76 valence electrons. The van der Waals surface area contributed by atoms with E-state index in [1.165, 1.54) is 12.8 Å². The van der Waals surface area contributed by atoms with Crippen molar-refractivity contribution in [1.82, 2.24) is 0 Å². The molecule has 0 bridgehead atoms. The van der Waals surface area contributed by atoms with Gasteiger partial charge in [0.2, 0.25) is 0 Å². The fourth-order valence-electron chi connectivity index (χ4n) is 1.60. The highest BCUT2D eigenvalue weighted by Gasteiger charge is 2.15. The van der Waals surface area contributed by atoms with E-state index in [0.717, 1.165) is 12.8 Å². The van der Waals surface area contributed by atoms with Gasteiger partial charge in [0.15, 0.2) is 0 Å². The van der Waals surface area contributed by atoms with E-state index in [0.29, 0.717) is 25.7 Å². The third kappa shape index (κ3) is 4.27. The summed E-state index contributed by atoms with van der Waals surface area (Å²) in [7, 11) is 0. The Kier molecular flexibility index (Phi) is 4.83. The highest BCUT2D eigenvalue weighted by Crippen LogP contribution is 2.20. The number of ether oxygens (including phenoxy) is 2. The SMILES string of the molecule is CCOC(=O)CCOC1CCCC1. The molecule has 0 spiro atoms. The van der Waals surface area contributed by atoms with Crippen molar-refractivity contribution in [3.05, 3.63) is 0 Å². The van der Waals surface area contributed by atoms with Gasteiger partial charge in [-0.3, -0.25) is 4.79 Å². The molecule has 0 amide bonds. The second-order valence-corrected chi connectivity index (χ2v) is 3.33. The maximum absolute atomic E-state index is 10.9. The monoisotopic (exact) mass is 186 g/mol. The van der Waals surface area contributed by atoms with Gasteiger partial charge in [-0.15, -0.1) is 0 Å². The lowest BCUT2D eigenvalue weighted by Gasteiger charge is -2.09. The zero-order valence-corrected chi connectivity index (χ0v) is 8.25. The van der Waals surface area contributed by atoms with Crippen LogP contribution in [0.15, 0.2) is 0 Å². The average Bonchev–Trinajstić information content (AvgIpc) is 2.57. The largest absolute Gasteiger partial charge is 0.466 e. The van der Waals surface area contributed by atoms with E-state index >= 15 is 0 Å². The summed E-state index contributed by atoms with van der Waals surface area (Å²) in [5, 5.41) is 0. The molecule has 0 aromatic carbocycles. The first kappa shape index (κ1) is 10.5. The number of hydrogen-bond acceptors (Lipinski definition) is 3. The molecule has 1 aliphatic carbocycles. The molecule has 1 fully saturated rings. The normalized spacial score (nSPS) is 17.6. The van der Waals surface area contributed by atoms with Crippen LogP contribution in [0, 0.1) is 0 Å². The van der Waals surface area contributed by atoms with Crippen molar-refractivity contribution in [1.29, 1.82) is 0 Å². The van der Waals surface area contributed by atoms with Crippen molar-refractivity contribution in [3.8, 4) is 0 Å². The molecular formula is C10H18O3. The fourth-order valence-corrected chi connectivity index (χ4v) is 1.60. The topological polar surface area (TPSA) is 35.5 Å². The summed E-state index contributed by atoms with van der Waals surface area (Å²) in [6.07, 6.45) is 5.64. The number of esters is 1. The molecule has 0 atom stereocenters. The zero-order chi connectivity index (χ0) is 9.52. The molecule has 3 heteroatoms. The van der Waals surface area contributed by atoms with Gasteiger partial charge in [-0.1, -0.05) is 12.8 Å². The number of carbonyl (C=O) groups is 1. The van der Waals surface area contributed by atoms with Crippen LogP contribution in [-0.2, 0) is 14.3 Å². The van der Waals surface area contributed by atoms with Crippen molar-refractivity contribution in [2.24, 2.45) is 0 Å². The molecule has 0 N–H and O–H groups in total. The Morgan fingerprint density at radius 1 is 1.38 bits per heavy atom. The summed E-state index contributed by atoms with van der Waals surface area (Å²) < 4.78 is 10.3. The molecule has 0 heterocycles. The van der Waals surface area contributed by atoms with E-state index in [2.05, 4.69) is 0 Å². The van der Waals surface area contributed by atoms with Crippen LogP contribution in [0.25, 0.3) is 0 Å². The number of hydrogen-bond donors (Lipinski definition) is 0. The van der Waals surface area contributed by atoms with Gasteiger partial charge in [0.25, 0.3) is 0 Å². The maximum atomic E-state index is 10.9. The minimum Gasteiger partial charge on any atom is -0.466 e. The third-order valence-electron chi connectivity index (χ3n) is 2.27. The lowest BCUT2D eigenvalue weighted by molar-refractivity contribution is -0.144. The van der Waals surface area contributed by atoms with Crippen molar-refractivity contribution in [3.63, 3.8) is 0 Å². The first-order valence-corrected chi connectivity index (χ1v) is 5.10. The van der Waals surface area contributed by atoms with Gasteiger partial charge in [0.1, 0.15) is 0 Å². The summed E-state index contributed by atoms with van der Waals surface area (Å²) in [4.78, 5) is 10.9. The summed E-state index contributed by atoms with van der Waals surface area (Å²) in [6.45, 7) is 2.79. The third-order valence-corrected chi connectivity index (χ3v) is 2.27. The molecule has 0 unspecified atom stereocenters. The van der Waals surface area contributed by atoms with E-state index < -0.39 is 0 Å². The Morgan fingerprint density at radius 2 is 2.08 bits per heavy atom. The van der Waals surface area contributed by atoms with Gasteiger partial charge in [-0.05, 0) is 19.8 Å². The second-order valence-electron chi connectivity index (χ2n) is 3.33. The van der Waals surface area contributed by atoms with E-state index in [-0.39, 0.29) is 5.97 Å². The average molecular weight is 186 g/mol. The van der Waals surface area contributed by atoms with E-state index in [9.17, 15) is 4.79 Å². The van der Waals surface area contributed by atoms with Crippen LogP contribution in [0.1, 0.15) is 39.0 Å². The molecule has 0 aliphatic heterocycles. The number of carbonyl (C=O) groups excluding carboxylic acids is 1. The minimum absolute atomic E-state index is 0.152. The molecule has 3 nitrogen and oxygen atoms in total. The molecule has 1 aliphatic rings. The van der Waals surface area contributed by atoms with E-state index in [4.69, 9.17) is 9.47 Å². The Balaban J connectivity index is 1.96. The Morgan fingerprint density at radius 3 is 2.69 bits per heavy atom. The lowest BCUT2D eigenvalue weighted by atomic mass is 10.3. The predicted octanol–water partition coefficient (Wildman–Crippen LogP) is 1.90. The molecular weight excluding hydrogens is 168 g/mol. The molecule has 13 heavy (non-hydrogen) atoms. The summed E-state index contributed by atoms with van der Waals surface area (Å²) >= 11 is 0. The summed E-state index contributed by atoms with van der Waals surface area (Å²) in [5.41, 5.74) is 0. The van der Waals surface area contributed by atoms with Gasteiger partial charge in [-0.25, -0.2) is 0 Å². The molecule has 0 radical (unpaired) electrons. The quantitative estimate of drug-likeness (QED) is 0.615. The zero-order valence-electron chi connectivity index (χ0n) is 8.25. The smallest absolute Gasteiger partial charge is 0.308 e. The molecule has 0 saturated heterocycles.